The highest BCUT2D eigenvalue weighted by atomic mass is 79.9. The summed E-state index contributed by atoms with van der Waals surface area (Å²) >= 11 is 4.53. The Morgan fingerprint density at radius 1 is 1.21 bits per heavy atom. The van der Waals surface area contributed by atoms with Gasteiger partial charge in [0.1, 0.15) is 4.88 Å². The Morgan fingerprint density at radius 3 is 2.63 bits per heavy atom. The molecule has 0 unspecified atom stereocenters. The summed E-state index contributed by atoms with van der Waals surface area (Å²) in [6.07, 6.45) is 1.76. The summed E-state index contributed by atoms with van der Waals surface area (Å²) < 4.78 is 1.42. The lowest BCUT2D eigenvalue weighted by molar-refractivity contribution is 0.0701. The van der Waals surface area contributed by atoms with Gasteiger partial charge in [0.2, 0.25) is 0 Å². The SMILES string of the molecule is O=C(O)c1sc2cc(-c3ccccc3)cnc2c1Br. The topological polar surface area (TPSA) is 50.2 Å². The van der Waals surface area contributed by atoms with Crippen LogP contribution in [0.2, 0.25) is 0 Å². The maximum atomic E-state index is 11.1. The van der Waals surface area contributed by atoms with Gasteiger partial charge >= 0.3 is 5.97 Å². The van der Waals surface area contributed by atoms with E-state index >= 15 is 0 Å². The van der Waals surface area contributed by atoms with Crippen molar-refractivity contribution < 1.29 is 9.90 Å². The molecular weight excluding hydrogens is 326 g/mol. The minimum Gasteiger partial charge on any atom is -0.477 e. The zero-order valence-electron chi connectivity index (χ0n) is 9.63. The first-order valence-corrected chi connectivity index (χ1v) is 7.14. The van der Waals surface area contributed by atoms with Crippen molar-refractivity contribution in [1.82, 2.24) is 4.98 Å². The van der Waals surface area contributed by atoms with Gasteiger partial charge in [0, 0.05) is 11.8 Å². The summed E-state index contributed by atoms with van der Waals surface area (Å²) in [6, 6.07) is 11.9. The molecule has 0 aliphatic heterocycles. The van der Waals surface area contributed by atoms with E-state index in [1.54, 1.807) is 6.20 Å². The van der Waals surface area contributed by atoms with Crippen molar-refractivity contribution in [2.75, 3.05) is 0 Å². The summed E-state index contributed by atoms with van der Waals surface area (Å²) in [5.74, 6) is -0.934. The molecule has 1 aromatic carbocycles. The first-order valence-electron chi connectivity index (χ1n) is 5.53. The smallest absolute Gasteiger partial charge is 0.347 e. The number of nitrogens with zero attached hydrogens (tertiary/aromatic N) is 1. The highest BCUT2D eigenvalue weighted by Crippen LogP contribution is 2.36. The monoisotopic (exact) mass is 333 g/mol. The number of aromatic carboxylic acids is 1. The van der Waals surface area contributed by atoms with Crippen LogP contribution >= 0.6 is 27.3 Å². The Morgan fingerprint density at radius 2 is 1.95 bits per heavy atom. The number of pyridine rings is 1. The van der Waals surface area contributed by atoms with E-state index in [0.717, 1.165) is 15.8 Å². The van der Waals surface area contributed by atoms with Gasteiger partial charge in [0.15, 0.2) is 0 Å². The van der Waals surface area contributed by atoms with E-state index in [0.29, 0.717) is 9.99 Å². The molecule has 0 aliphatic carbocycles. The quantitative estimate of drug-likeness (QED) is 0.754. The maximum Gasteiger partial charge on any atom is 0.347 e. The molecule has 94 valence electrons. The van der Waals surface area contributed by atoms with Gasteiger partial charge in [-0.25, -0.2) is 4.79 Å². The van der Waals surface area contributed by atoms with Crippen molar-refractivity contribution in [3.05, 3.63) is 51.9 Å². The van der Waals surface area contributed by atoms with Crippen LogP contribution in [0.15, 0.2) is 47.1 Å². The molecule has 2 aromatic heterocycles. The van der Waals surface area contributed by atoms with Crippen LogP contribution in [-0.2, 0) is 0 Å². The second kappa shape index (κ2) is 4.75. The lowest BCUT2D eigenvalue weighted by Gasteiger charge is -2.00. The third-order valence-corrected chi connectivity index (χ3v) is 4.92. The fourth-order valence-electron chi connectivity index (χ4n) is 1.88. The van der Waals surface area contributed by atoms with Gasteiger partial charge < -0.3 is 5.11 Å². The van der Waals surface area contributed by atoms with Crippen LogP contribution in [0.1, 0.15) is 9.67 Å². The predicted octanol–water partition coefficient (Wildman–Crippen LogP) is 4.42. The fourth-order valence-corrected chi connectivity index (χ4v) is 3.67. The second-order valence-corrected chi connectivity index (χ2v) is 5.83. The van der Waals surface area contributed by atoms with E-state index in [-0.39, 0.29) is 4.88 Å². The molecule has 0 aliphatic rings. The molecule has 3 nitrogen and oxygen atoms in total. The number of rotatable bonds is 2. The molecule has 0 radical (unpaired) electrons. The number of thiophene rings is 1. The summed E-state index contributed by atoms with van der Waals surface area (Å²) in [6.45, 7) is 0. The van der Waals surface area contributed by atoms with E-state index < -0.39 is 5.97 Å². The van der Waals surface area contributed by atoms with E-state index in [1.165, 1.54) is 11.3 Å². The van der Waals surface area contributed by atoms with E-state index in [9.17, 15) is 4.79 Å². The second-order valence-electron chi connectivity index (χ2n) is 3.99. The molecular formula is C14H8BrNO2S. The van der Waals surface area contributed by atoms with Crippen LogP contribution in [0.4, 0.5) is 0 Å². The lowest BCUT2D eigenvalue weighted by Crippen LogP contribution is -1.91. The number of fused-ring (bicyclic) bond motifs is 1. The number of carbonyl (C=O) groups is 1. The van der Waals surface area contributed by atoms with E-state index in [1.807, 2.05) is 36.4 Å². The average Bonchev–Trinajstić information content (AvgIpc) is 2.77. The van der Waals surface area contributed by atoms with Crippen LogP contribution < -0.4 is 0 Å². The first kappa shape index (κ1) is 12.3. The van der Waals surface area contributed by atoms with Crippen LogP contribution in [0, 0.1) is 0 Å². The van der Waals surface area contributed by atoms with Crippen LogP contribution in [0.25, 0.3) is 21.3 Å². The van der Waals surface area contributed by atoms with Crippen molar-refractivity contribution in [2.45, 2.75) is 0 Å². The third kappa shape index (κ3) is 2.15. The number of carboxylic acids is 1. The Bertz CT molecular complexity index is 768. The molecule has 19 heavy (non-hydrogen) atoms. The Kier molecular flexibility index (Phi) is 3.08. The number of aromatic nitrogens is 1. The van der Waals surface area contributed by atoms with Gasteiger partial charge in [-0.15, -0.1) is 11.3 Å². The zero-order valence-corrected chi connectivity index (χ0v) is 12.0. The molecule has 0 fully saturated rings. The standard InChI is InChI=1S/C14H8BrNO2S/c15-11-12-10(19-13(11)14(17)18)6-9(7-16-12)8-4-2-1-3-5-8/h1-7H,(H,17,18). The normalized spacial score (nSPS) is 10.8. The number of hydrogen-bond donors (Lipinski definition) is 1. The van der Waals surface area contributed by atoms with Gasteiger partial charge in [0.25, 0.3) is 0 Å². The van der Waals surface area contributed by atoms with Crippen molar-refractivity contribution in [3.8, 4) is 11.1 Å². The highest BCUT2D eigenvalue weighted by molar-refractivity contribution is 9.10. The molecule has 0 saturated carbocycles. The molecule has 2 heterocycles. The first-order chi connectivity index (χ1) is 9.16. The molecule has 3 aromatic rings. The number of halogens is 1. The highest BCUT2D eigenvalue weighted by Gasteiger charge is 2.17. The van der Waals surface area contributed by atoms with Crippen LogP contribution in [-0.4, -0.2) is 16.1 Å². The van der Waals surface area contributed by atoms with Crippen molar-refractivity contribution in [2.24, 2.45) is 0 Å². The van der Waals surface area contributed by atoms with Gasteiger partial charge in [-0.05, 0) is 27.6 Å². The lowest BCUT2D eigenvalue weighted by atomic mass is 10.1. The Hall–Kier alpha value is -1.72. The van der Waals surface area contributed by atoms with Crippen molar-refractivity contribution in [1.29, 1.82) is 0 Å². The Balaban J connectivity index is 2.19. The number of benzene rings is 1. The molecule has 0 amide bonds. The summed E-state index contributed by atoms with van der Waals surface area (Å²) in [4.78, 5) is 15.7. The zero-order chi connectivity index (χ0) is 13.4. The van der Waals surface area contributed by atoms with Gasteiger partial charge in [-0.1, -0.05) is 30.3 Å². The minimum absolute atomic E-state index is 0.285. The molecule has 1 N–H and O–H groups in total. The Labute approximate surface area is 121 Å². The van der Waals surface area contributed by atoms with Crippen LogP contribution in [0.5, 0.6) is 0 Å². The molecule has 0 spiro atoms. The molecule has 3 rings (SSSR count). The molecule has 0 bridgehead atoms. The summed E-state index contributed by atoms with van der Waals surface area (Å²) in [5, 5.41) is 9.11. The van der Waals surface area contributed by atoms with Crippen molar-refractivity contribution >= 4 is 43.5 Å². The predicted molar refractivity (Wildman–Crippen MR) is 79.7 cm³/mol. The maximum absolute atomic E-state index is 11.1. The van der Waals surface area contributed by atoms with E-state index in [4.69, 9.17) is 5.11 Å². The van der Waals surface area contributed by atoms with Gasteiger partial charge in [0.05, 0.1) is 14.7 Å². The summed E-state index contributed by atoms with van der Waals surface area (Å²) in [5.41, 5.74) is 2.75. The number of hydrogen-bond acceptors (Lipinski definition) is 3. The number of carboxylic acid groups (broad SMARTS) is 1. The van der Waals surface area contributed by atoms with E-state index in [2.05, 4.69) is 20.9 Å². The largest absolute Gasteiger partial charge is 0.477 e. The summed E-state index contributed by atoms with van der Waals surface area (Å²) in [7, 11) is 0. The molecule has 5 heteroatoms. The molecule has 0 saturated heterocycles. The van der Waals surface area contributed by atoms with Crippen LogP contribution in [0.3, 0.4) is 0 Å². The van der Waals surface area contributed by atoms with Gasteiger partial charge in [-0.2, -0.15) is 0 Å². The minimum atomic E-state index is -0.934. The van der Waals surface area contributed by atoms with Crippen molar-refractivity contribution in [3.63, 3.8) is 0 Å². The average molecular weight is 334 g/mol. The fraction of sp³-hybridized carbons (Fsp3) is 0. The molecule has 0 atom stereocenters. The third-order valence-electron chi connectivity index (χ3n) is 2.77. The van der Waals surface area contributed by atoms with Gasteiger partial charge in [-0.3, -0.25) is 4.98 Å².